The molecule has 2 fully saturated rings. The van der Waals surface area contributed by atoms with Gasteiger partial charge in [-0.1, -0.05) is 51.3 Å². The molecule has 21 heavy (non-hydrogen) atoms. The summed E-state index contributed by atoms with van der Waals surface area (Å²) in [6.45, 7) is 4.49. The zero-order chi connectivity index (χ0) is 14.9. The van der Waals surface area contributed by atoms with Crippen LogP contribution in [-0.2, 0) is 0 Å². The largest absolute Gasteiger partial charge is 0.489 e. The van der Waals surface area contributed by atoms with E-state index in [4.69, 9.17) is 4.74 Å². The zero-order valence-electron chi connectivity index (χ0n) is 13.7. The lowest BCUT2D eigenvalue weighted by atomic mass is 9.55. The average Bonchev–Trinajstić information content (AvgIpc) is 2.52. The van der Waals surface area contributed by atoms with E-state index in [0.29, 0.717) is 23.5 Å². The molecule has 0 amide bonds. The van der Waals surface area contributed by atoms with Crippen LogP contribution in [-0.4, -0.2) is 19.2 Å². The van der Waals surface area contributed by atoms with E-state index < -0.39 is 0 Å². The highest BCUT2D eigenvalue weighted by atomic mass is 16.5. The van der Waals surface area contributed by atoms with Crippen LogP contribution in [0.15, 0.2) is 24.3 Å². The van der Waals surface area contributed by atoms with Gasteiger partial charge in [0, 0.05) is 17.9 Å². The highest BCUT2D eigenvalue weighted by molar-refractivity contribution is 5.36. The second kappa shape index (κ2) is 6.00. The first-order chi connectivity index (χ1) is 10.2. The van der Waals surface area contributed by atoms with Gasteiger partial charge in [-0.3, -0.25) is 0 Å². The molecule has 0 aromatic heterocycles. The Morgan fingerprint density at radius 1 is 1.14 bits per heavy atom. The minimum Gasteiger partial charge on any atom is -0.489 e. The molecule has 0 aliphatic heterocycles. The number of para-hydroxylation sites is 1. The van der Waals surface area contributed by atoms with Gasteiger partial charge in [-0.05, 0) is 37.4 Å². The van der Waals surface area contributed by atoms with Crippen LogP contribution in [0.1, 0.15) is 63.9 Å². The van der Waals surface area contributed by atoms with E-state index in [1.807, 2.05) is 0 Å². The highest BCUT2D eigenvalue weighted by Crippen LogP contribution is 2.53. The fraction of sp³-hybridized carbons (Fsp3) is 0.684. The Labute approximate surface area is 129 Å². The molecule has 1 N–H and O–H groups in total. The van der Waals surface area contributed by atoms with Crippen molar-refractivity contribution in [3.63, 3.8) is 0 Å². The van der Waals surface area contributed by atoms with Crippen molar-refractivity contribution in [1.29, 1.82) is 0 Å². The monoisotopic (exact) mass is 287 g/mol. The molecule has 1 aromatic rings. The van der Waals surface area contributed by atoms with Crippen LogP contribution in [0.25, 0.3) is 0 Å². The summed E-state index contributed by atoms with van der Waals surface area (Å²) < 4.78 is 6.53. The Balaban J connectivity index is 1.79. The van der Waals surface area contributed by atoms with Gasteiger partial charge in [0.2, 0.25) is 0 Å². The van der Waals surface area contributed by atoms with Crippen molar-refractivity contribution in [3.8, 4) is 5.75 Å². The molecule has 3 rings (SSSR count). The molecule has 2 atom stereocenters. The Bertz CT molecular complexity index is 476. The minimum absolute atomic E-state index is 0.386. The molecule has 2 heteroatoms. The summed E-state index contributed by atoms with van der Waals surface area (Å²) in [4.78, 5) is 0. The van der Waals surface area contributed by atoms with Crippen molar-refractivity contribution in [1.82, 2.24) is 5.32 Å². The summed E-state index contributed by atoms with van der Waals surface area (Å²) in [5.74, 6) is 1.63. The molecule has 2 aliphatic rings. The van der Waals surface area contributed by atoms with Crippen molar-refractivity contribution in [2.24, 2.45) is 5.41 Å². The van der Waals surface area contributed by atoms with Crippen molar-refractivity contribution < 1.29 is 4.74 Å². The molecule has 2 aliphatic carbocycles. The molecular weight excluding hydrogens is 258 g/mol. The van der Waals surface area contributed by atoms with E-state index in [1.54, 1.807) is 0 Å². The van der Waals surface area contributed by atoms with Crippen LogP contribution in [0.5, 0.6) is 5.75 Å². The topological polar surface area (TPSA) is 21.3 Å². The van der Waals surface area contributed by atoms with Crippen molar-refractivity contribution in [2.75, 3.05) is 7.05 Å². The molecule has 0 heterocycles. The van der Waals surface area contributed by atoms with E-state index >= 15 is 0 Å². The third kappa shape index (κ3) is 2.59. The molecule has 116 valence electrons. The number of rotatable bonds is 4. The van der Waals surface area contributed by atoms with Gasteiger partial charge in [-0.2, -0.15) is 0 Å². The summed E-state index contributed by atoms with van der Waals surface area (Å²) >= 11 is 0. The first kappa shape index (κ1) is 14.9. The van der Waals surface area contributed by atoms with Gasteiger partial charge in [-0.25, -0.2) is 0 Å². The van der Waals surface area contributed by atoms with Gasteiger partial charge >= 0.3 is 0 Å². The van der Waals surface area contributed by atoms with Crippen LogP contribution < -0.4 is 10.1 Å². The summed E-state index contributed by atoms with van der Waals surface area (Å²) in [6, 6.07) is 9.23. The number of hydrogen-bond donors (Lipinski definition) is 1. The summed E-state index contributed by atoms with van der Waals surface area (Å²) in [7, 11) is 2.11. The molecule has 2 unspecified atom stereocenters. The third-order valence-corrected chi connectivity index (χ3v) is 5.73. The van der Waals surface area contributed by atoms with Crippen LogP contribution >= 0.6 is 0 Å². The molecule has 2 nitrogen and oxygen atoms in total. The van der Waals surface area contributed by atoms with Crippen molar-refractivity contribution in [2.45, 2.75) is 70.4 Å². The Hall–Kier alpha value is -1.02. The van der Waals surface area contributed by atoms with Crippen molar-refractivity contribution >= 4 is 0 Å². The van der Waals surface area contributed by atoms with E-state index in [-0.39, 0.29) is 0 Å². The minimum atomic E-state index is 0.386. The lowest BCUT2D eigenvalue weighted by Crippen LogP contribution is -2.64. The fourth-order valence-electron chi connectivity index (χ4n) is 4.42. The predicted octanol–water partition coefficient (Wildman–Crippen LogP) is 4.50. The molecule has 0 radical (unpaired) electrons. The summed E-state index contributed by atoms with van der Waals surface area (Å²) in [6.07, 6.45) is 8.33. The van der Waals surface area contributed by atoms with Crippen molar-refractivity contribution in [3.05, 3.63) is 29.8 Å². The maximum Gasteiger partial charge on any atom is 0.123 e. The molecule has 0 saturated heterocycles. The van der Waals surface area contributed by atoms with Crippen LogP contribution in [0.4, 0.5) is 0 Å². The van der Waals surface area contributed by atoms with Gasteiger partial charge < -0.3 is 10.1 Å². The second-order valence-corrected chi connectivity index (χ2v) is 7.17. The number of benzene rings is 1. The van der Waals surface area contributed by atoms with E-state index in [1.165, 1.54) is 37.7 Å². The van der Waals surface area contributed by atoms with Crippen LogP contribution in [0, 0.1) is 5.41 Å². The molecule has 1 spiro atoms. The lowest BCUT2D eigenvalue weighted by molar-refractivity contribution is -0.101. The van der Waals surface area contributed by atoms with Gasteiger partial charge in [0.05, 0.1) is 0 Å². The normalized spacial score (nSPS) is 27.6. The quantitative estimate of drug-likeness (QED) is 0.880. The molecule has 0 bridgehead atoms. The SMILES string of the molecule is CNC1CC(Oc2ccccc2C(C)C)C12CCCCC2. The Morgan fingerprint density at radius 3 is 2.52 bits per heavy atom. The maximum absolute atomic E-state index is 6.53. The van der Waals surface area contributed by atoms with E-state index in [2.05, 4.69) is 50.5 Å². The Kier molecular flexibility index (Phi) is 4.26. The maximum atomic E-state index is 6.53. The third-order valence-electron chi connectivity index (χ3n) is 5.73. The van der Waals surface area contributed by atoms with E-state index in [0.717, 1.165) is 12.2 Å². The average molecular weight is 287 g/mol. The molecule has 2 saturated carbocycles. The van der Waals surface area contributed by atoms with Gasteiger partial charge in [0.1, 0.15) is 11.9 Å². The van der Waals surface area contributed by atoms with Gasteiger partial charge in [0.15, 0.2) is 0 Å². The van der Waals surface area contributed by atoms with E-state index in [9.17, 15) is 0 Å². The first-order valence-corrected chi connectivity index (χ1v) is 8.60. The van der Waals surface area contributed by atoms with Crippen LogP contribution in [0.3, 0.4) is 0 Å². The number of hydrogen-bond acceptors (Lipinski definition) is 2. The first-order valence-electron chi connectivity index (χ1n) is 8.60. The van der Waals surface area contributed by atoms with Crippen LogP contribution in [0.2, 0.25) is 0 Å². The summed E-state index contributed by atoms with van der Waals surface area (Å²) in [5.41, 5.74) is 1.73. The van der Waals surface area contributed by atoms with Gasteiger partial charge in [-0.15, -0.1) is 0 Å². The zero-order valence-corrected chi connectivity index (χ0v) is 13.7. The molecular formula is C19H29NO. The molecule has 1 aromatic carbocycles. The predicted molar refractivity (Wildman–Crippen MR) is 87.9 cm³/mol. The lowest BCUT2D eigenvalue weighted by Gasteiger charge is -2.57. The second-order valence-electron chi connectivity index (χ2n) is 7.17. The van der Waals surface area contributed by atoms with Gasteiger partial charge in [0.25, 0.3) is 0 Å². The Morgan fingerprint density at radius 2 is 1.86 bits per heavy atom. The standard InChI is InChI=1S/C19H29NO/c1-14(2)15-9-5-6-10-16(15)21-18-13-17(20-3)19(18)11-7-4-8-12-19/h5-6,9-10,14,17-18,20H,4,7-8,11-13H2,1-3H3. The fourth-order valence-corrected chi connectivity index (χ4v) is 4.42. The highest BCUT2D eigenvalue weighted by Gasteiger charge is 2.56. The smallest absolute Gasteiger partial charge is 0.123 e. The number of nitrogens with one attached hydrogen (secondary N) is 1. The number of ether oxygens (including phenoxy) is 1. The summed E-state index contributed by atoms with van der Waals surface area (Å²) in [5, 5.41) is 3.54.